The number of hydrogen-bond acceptors (Lipinski definition) is 5. The van der Waals surface area contributed by atoms with Crippen LogP contribution in [0.2, 0.25) is 0 Å². The van der Waals surface area contributed by atoms with Crippen molar-refractivity contribution in [2.45, 2.75) is 418 Å². The number of unbranched alkanes of at least 4 members (excludes halogenated alkanes) is 54. The standard InChI is InChI=1S/C75H143NO5/c1-3-5-7-9-11-13-15-17-19-41-45-49-53-57-61-65-69-75(80)81-70-66-62-58-54-50-46-42-38-36-34-32-30-28-26-24-22-20-21-23-25-27-29-31-33-35-37-40-44-48-52-56-60-64-68-74(79)76-72(71-77)73(78)67-63-59-55-51-47-43-39-18-16-14-12-10-8-6-4-2/h13,15,19,41,63,67,72-73,77-78H,3-12,14,16-18,20-40,42-62,64-66,68-71H2,1-2H3,(H,76,79)/b15-13-,41-19-,67-63+. The summed E-state index contributed by atoms with van der Waals surface area (Å²) >= 11 is 0. The molecule has 0 bridgehead atoms. The molecule has 0 aliphatic heterocycles. The van der Waals surface area contributed by atoms with Gasteiger partial charge in [0.1, 0.15) is 0 Å². The molecule has 0 aromatic carbocycles. The number of aliphatic hydroxyl groups is 2. The summed E-state index contributed by atoms with van der Waals surface area (Å²) in [5.41, 5.74) is 0. The third kappa shape index (κ3) is 67.1. The highest BCUT2D eigenvalue weighted by Gasteiger charge is 2.18. The van der Waals surface area contributed by atoms with Gasteiger partial charge in [0.25, 0.3) is 0 Å². The summed E-state index contributed by atoms with van der Waals surface area (Å²) in [4.78, 5) is 24.6. The fraction of sp³-hybridized carbons (Fsp3) is 0.893. The SMILES string of the molecule is CCCCCC/C=C\C/C=C\CCCCCCCC(=O)OCCCCCCCCCCCCCCCCCCCCCCCCCCCCCCCCCCCC(=O)NC(CO)C(O)/C=C/CCCCCCCCCCCCCCC. The summed E-state index contributed by atoms with van der Waals surface area (Å²) in [6.07, 6.45) is 91.0. The first kappa shape index (κ1) is 79.1. The molecule has 0 saturated heterocycles. The number of carbonyl (C=O) groups is 2. The fourth-order valence-electron chi connectivity index (χ4n) is 11.6. The van der Waals surface area contributed by atoms with Gasteiger partial charge < -0.3 is 20.3 Å². The molecule has 0 aliphatic carbocycles. The van der Waals surface area contributed by atoms with Gasteiger partial charge in [0.2, 0.25) is 5.91 Å². The van der Waals surface area contributed by atoms with E-state index in [1.54, 1.807) is 6.08 Å². The maximum Gasteiger partial charge on any atom is 0.305 e. The highest BCUT2D eigenvalue weighted by atomic mass is 16.5. The molecule has 81 heavy (non-hydrogen) atoms. The number of rotatable bonds is 69. The third-order valence-corrected chi connectivity index (χ3v) is 17.2. The largest absolute Gasteiger partial charge is 0.466 e. The molecule has 6 nitrogen and oxygen atoms in total. The van der Waals surface area contributed by atoms with E-state index >= 15 is 0 Å². The summed E-state index contributed by atoms with van der Waals surface area (Å²) in [5.74, 6) is -0.0525. The van der Waals surface area contributed by atoms with Crippen molar-refractivity contribution in [2.24, 2.45) is 0 Å². The second-order valence-electron chi connectivity index (χ2n) is 25.3. The van der Waals surface area contributed by atoms with Crippen molar-refractivity contribution < 1.29 is 24.5 Å². The maximum atomic E-state index is 12.5. The van der Waals surface area contributed by atoms with Crippen LogP contribution in [-0.2, 0) is 14.3 Å². The second-order valence-corrected chi connectivity index (χ2v) is 25.3. The Morgan fingerprint density at radius 3 is 0.951 bits per heavy atom. The molecular weight excluding hydrogens is 995 g/mol. The Labute approximate surface area is 506 Å². The maximum absolute atomic E-state index is 12.5. The summed E-state index contributed by atoms with van der Waals surface area (Å²) in [5, 5.41) is 23.2. The van der Waals surface area contributed by atoms with Gasteiger partial charge in [0.15, 0.2) is 0 Å². The Morgan fingerprint density at radius 2 is 0.617 bits per heavy atom. The van der Waals surface area contributed by atoms with E-state index in [2.05, 4.69) is 43.5 Å². The average Bonchev–Trinajstić information content (AvgIpc) is 3.47. The highest BCUT2D eigenvalue weighted by Crippen LogP contribution is 2.19. The summed E-state index contributed by atoms with van der Waals surface area (Å²) in [6.45, 7) is 4.91. The van der Waals surface area contributed by atoms with Crippen LogP contribution in [0.1, 0.15) is 406 Å². The van der Waals surface area contributed by atoms with Crippen molar-refractivity contribution in [2.75, 3.05) is 13.2 Å². The number of allylic oxidation sites excluding steroid dienone is 5. The topological polar surface area (TPSA) is 95.9 Å². The van der Waals surface area contributed by atoms with E-state index in [4.69, 9.17) is 4.74 Å². The van der Waals surface area contributed by atoms with Gasteiger partial charge in [-0.25, -0.2) is 0 Å². The number of nitrogens with one attached hydrogen (secondary N) is 1. The van der Waals surface area contributed by atoms with Crippen LogP contribution in [0.15, 0.2) is 36.5 Å². The molecule has 0 fully saturated rings. The molecule has 0 rings (SSSR count). The summed E-state index contributed by atoms with van der Waals surface area (Å²) in [6, 6.07) is -0.624. The molecule has 0 saturated carbocycles. The van der Waals surface area contributed by atoms with Gasteiger partial charge >= 0.3 is 5.97 Å². The van der Waals surface area contributed by atoms with Gasteiger partial charge in [-0.1, -0.05) is 365 Å². The zero-order chi connectivity index (χ0) is 58.5. The smallest absolute Gasteiger partial charge is 0.305 e. The fourth-order valence-corrected chi connectivity index (χ4v) is 11.6. The van der Waals surface area contributed by atoms with Gasteiger partial charge in [-0.2, -0.15) is 0 Å². The molecular formula is C75H143NO5. The van der Waals surface area contributed by atoms with Crippen molar-refractivity contribution in [3.63, 3.8) is 0 Å². The first-order valence-electron chi connectivity index (χ1n) is 36.8. The van der Waals surface area contributed by atoms with E-state index in [1.165, 1.54) is 327 Å². The normalized spacial score (nSPS) is 12.7. The quantitative estimate of drug-likeness (QED) is 0.0320. The predicted octanol–water partition coefficient (Wildman–Crippen LogP) is 23.9. The minimum atomic E-state index is -0.841. The number of carbonyl (C=O) groups excluding carboxylic acids is 2. The lowest BCUT2D eigenvalue weighted by atomic mass is 10.0. The van der Waals surface area contributed by atoms with Crippen molar-refractivity contribution in [1.29, 1.82) is 0 Å². The Bertz CT molecular complexity index is 1310. The monoisotopic (exact) mass is 1140 g/mol. The number of esters is 1. The minimum Gasteiger partial charge on any atom is -0.466 e. The first-order valence-corrected chi connectivity index (χ1v) is 36.8. The molecule has 3 N–H and O–H groups in total. The molecule has 0 aliphatic rings. The molecule has 0 heterocycles. The van der Waals surface area contributed by atoms with Gasteiger partial charge in [0, 0.05) is 12.8 Å². The van der Waals surface area contributed by atoms with Gasteiger partial charge in [0.05, 0.1) is 25.4 Å². The highest BCUT2D eigenvalue weighted by molar-refractivity contribution is 5.76. The molecule has 0 radical (unpaired) electrons. The molecule has 6 heteroatoms. The molecule has 2 unspecified atom stereocenters. The van der Waals surface area contributed by atoms with E-state index in [9.17, 15) is 19.8 Å². The van der Waals surface area contributed by atoms with Gasteiger partial charge in [-0.3, -0.25) is 9.59 Å². The number of amides is 1. The first-order chi connectivity index (χ1) is 40.0. The van der Waals surface area contributed by atoms with Gasteiger partial charge in [-0.05, 0) is 64.2 Å². The van der Waals surface area contributed by atoms with Crippen molar-refractivity contribution >= 4 is 11.9 Å². The zero-order valence-electron chi connectivity index (χ0n) is 54.8. The van der Waals surface area contributed by atoms with Crippen LogP contribution in [0.25, 0.3) is 0 Å². The van der Waals surface area contributed by atoms with Crippen LogP contribution < -0.4 is 5.32 Å². The molecule has 1 amide bonds. The van der Waals surface area contributed by atoms with Crippen LogP contribution >= 0.6 is 0 Å². The lowest BCUT2D eigenvalue weighted by molar-refractivity contribution is -0.143. The Kier molecular flexibility index (Phi) is 68.9. The minimum absolute atomic E-state index is 0.00834. The second kappa shape index (κ2) is 70.6. The van der Waals surface area contributed by atoms with E-state index < -0.39 is 12.1 Å². The van der Waals surface area contributed by atoms with Crippen LogP contribution in [0.4, 0.5) is 0 Å². The molecule has 478 valence electrons. The van der Waals surface area contributed by atoms with E-state index in [0.29, 0.717) is 19.4 Å². The average molecular weight is 1140 g/mol. The molecule has 0 aromatic heterocycles. The number of ether oxygens (including phenoxy) is 1. The van der Waals surface area contributed by atoms with Crippen LogP contribution in [0.3, 0.4) is 0 Å². The van der Waals surface area contributed by atoms with Crippen molar-refractivity contribution in [3.05, 3.63) is 36.5 Å². The molecule has 0 spiro atoms. The summed E-state index contributed by atoms with van der Waals surface area (Å²) < 4.78 is 5.50. The summed E-state index contributed by atoms with van der Waals surface area (Å²) in [7, 11) is 0. The van der Waals surface area contributed by atoms with E-state index in [1.807, 2.05) is 6.08 Å². The van der Waals surface area contributed by atoms with Crippen molar-refractivity contribution in [3.8, 4) is 0 Å². The van der Waals surface area contributed by atoms with Crippen LogP contribution in [-0.4, -0.2) is 47.4 Å². The predicted molar refractivity (Wildman–Crippen MR) is 356 cm³/mol. The molecule has 2 atom stereocenters. The Balaban J connectivity index is 3.33. The zero-order valence-corrected chi connectivity index (χ0v) is 54.8. The number of hydrogen-bond donors (Lipinski definition) is 3. The van der Waals surface area contributed by atoms with E-state index in [-0.39, 0.29) is 18.5 Å². The Morgan fingerprint density at radius 1 is 0.346 bits per heavy atom. The van der Waals surface area contributed by atoms with Crippen LogP contribution in [0.5, 0.6) is 0 Å². The number of aliphatic hydroxyl groups excluding tert-OH is 2. The lowest BCUT2D eigenvalue weighted by Gasteiger charge is -2.20. The van der Waals surface area contributed by atoms with Crippen molar-refractivity contribution in [1.82, 2.24) is 5.32 Å². The lowest BCUT2D eigenvalue weighted by Crippen LogP contribution is -2.45. The van der Waals surface area contributed by atoms with Gasteiger partial charge in [-0.15, -0.1) is 0 Å². The molecule has 0 aromatic rings. The third-order valence-electron chi connectivity index (χ3n) is 17.2. The Hall–Kier alpha value is -1.92. The van der Waals surface area contributed by atoms with Crippen LogP contribution in [0, 0.1) is 0 Å². The van der Waals surface area contributed by atoms with E-state index in [0.717, 1.165) is 51.4 Å².